The van der Waals surface area contributed by atoms with E-state index in [-0.39, 0.29) is 17.6 Å². The van der Waals surface area contributed by atoms with Crippen LogP contribution in [0.15, 0.2) is 48.7 Å². The predicted molar refractivity (Wildman–Crippen MR) is 184 cm³/mol. The monoisotopic (exact) mass is 650 g/mol. The topological polar surface area (TPSA) is 92.3 Å². The Morgan fingerprint density at radius 1 is 1.06 bits per heavy atom. The quantitative estimate of drug-likeness (QED) is 0.183. The van der Waals surface area contributed by atoms with Crippen molar-refractivity contribution in [3.05, 3.63) is 65.6 Å². The first-order valence-corrected chi connectivity index (χ1v) is 16.7. The third kappa shape index (κ3) is 9.77. The number of nitrogens with zero attached hydrogens (tertiary/aromatic N) is 5. The highest BCUT2D eigenvalue weighted by atomic mass is 19.1. The molecule has 1 aromatic heterocycles. The highest BCUT2D eigenvalue weighted by Crippen LogP contribution is 2.34. The molecule has 0 spiro atoms. The largest absolute Gasteiger partial charge is 0.496 e. The first-order valence-electron chi connectivity index (χ1n) is 16.7. The van der Waals surface area contributed by atoms with Crippen molar-refractivity contribution < 1.29 is 23.4 Å². The minimum Gasteiger partial charge on any atom is -0.496 e. The van der Waals surface area contributed by atoms with Crippen molar-refractivity contribution in [2.45, 2.75) is 66.5 Å². The molecule has 0 saturated carbocycles. The first-order chi connectivity index (χ1) is 22.6. The van der Waals surface area contributed by atoms with Crippen LogP contribution in [0.2, 0.25) is 0 Å². The number of benzene rings is 2. The molecule has 11 heteroatoms. The molecule has 10 nitrogen and oxygen atoms in total. The normalized spacial score (nSPS) is 14.7. The summed E-state index contributed by atoms with van der Waals surface area (Å²) in [5.74, 6) is 1.10. The Morgan fingerprint density at radius 2 is 1.83 bits per heavy atom. The summed E-state index contributed by atoms with van der Waals surface area (Å²) in [5.41, 5.74) is 2.29. The number of ether oxygens (including phenoxy) is 3. The summed E-state index contributed by atoms with van der Waals surface area (Å²) in [5, 5.41) is 3.06. The van der Waals surface area contributed by atoms with Gasteiger partial charge in [0.15, 0.2) is 11.6 Å². The molecular formula is C36H51FN6O4. The Morgan fingerprint density at radius 3 is 2.49 bits per heavy atom. The number of nitrogens with one attached hydrogen (secondary N) is 1. The second-order valence-corrected chi connectivity index (χ2v) is 12.6. The SMILES string of the molecule is CCCCN(C(=O)OC(c1cccc(OC)c1C)C(C)C)c1ccnc(Nc2ccc(OCCN3CCN(C(C)C)CC3)c(F)c2)n1. The van der Waals surface area contributed by atoms with Gasteiger partial charge in [-0.25, -0.2) is 14.2 Å². The molecule has 0 aliphatic carbocycles. The lowest BCUT2D eigenvalue weighted by atomic mass is 9.94. The van der Waals surface area contributed by atoms with E-state index in [4.69, 9.17) is 14.2 Å². The van der Waals surface area contributed by atoms with Crippen LogP contribution in [0.3, 0.4) is 0 Å². The summed E-state index contributed by atoms with van der Waals surface area (Å²) in [6.45, 7) is 18.1. The van der Waals surface area contributed by atoms with E-state index < -0.39 is 18.0 Å². The Bertz CT molecular complexity index is 1450. The second kappa shape index (κ2) is 17.3. The van der Waals surface area contributed by atoms with E-state index in [1.807, 2.05) is 39.0 Å². The van der Waals surface area contributed by atoms with Gasteiger partial charge >= 0.3 is 6.09 Å². The van der Waals surface area contributed by atoms with Crippen molar-refractivity contribution in [2.75, 3.05) is 63.2 Å². The minimum atomic E-state index is -0.502. The minimum absolute atomic E-state index is 0.0164. The number of anilines is 3. The molecule has 0 radical (unpaired) electrons. The van der Waals surface area contributed by atoms with E-state index in [0.717, 1.165) is 62.4 Å². The van der Waals surface area contributed by atoms with Crippen molar-refractivity contribution in [3.8, 4) is 11.5 Å². The van der Waals surface area contributed by atoms with E-state index in [9.17, 15) is 4.79 Å². The van der Waals surface area contributed by atoms with Crippen LogP contribution >= 0.6 is 0 Å². The average molecular weight is 651 g/mol. The lowest BCUT2D eigenvalue weighted by molar-refractivity contribution is 0.0756. The van der Waals surface area contributed by atoms with Crippen LogP contribution in [0.1, 0.15) is 64.7 Å². The summed E-state index contributed by atoms with van der Waals surface area (Å²) in [4.78, 5) is 29.0. The molecule has 3 aromatic rings. The summed E-state index contributed by atoms with van der Waals surface area (Å²) < 4.78 is 32.4. The molecule has 0 bridgehead atoms. The van der Waals surface area contributed by atoms with Gasteiger partial charge in [0.25, 0.3) is 0 Å². The number of piperazine rings is 1. The zero-order chi connectivity index (χ0) is 33.9. The first kappa shape index (κ1) is 35.9. The van der Waals surface area contributed by atoms with Gasteiger partial charge in [0, 0.05) is 63.3 Å². The Labute approximate surface area is 279 Å². The summed E-state index contributed by atoms with van der Waals surface area (Å²) in [7, 11) is 1.63. The van der Waals surface area contributed by atoms with Crippen molar-refractivity contribution >= 4 is 23.5 Å². The van der Waals surface area contributed by atoms with Crippen LogP contribution in [0.4, 0.5) is 26.6 Å². The number of hydrogen-bond donors (Lipinski definition) is 1. The molecule has 2 aromatic carbocycles. The van der Waals surface area contributed by atoms with Crippen molar-refractivity contribution in [3.63, 3.8) is 0 Å². The number of aromatic nitrogens is 2. The molecule has 1 fully saturated rings. The van der Waals surface area contributed by atoms with Gasteiger partial charge in [-0.2, -0.15) is 4.98 Å². The van der Waals surface area contributed by atoms with Gasteiger partial charge in [-0.05, 0) is 68.5 Å². The highest BCUT2D eigenvalue weighted by molar-refractivity contribution is 5.86. The second-order valence-electron chi connectivity index (χ2n) is 12.6. The molecule has 256 valence electrons. The Hall–Kier alpha value is -3.96. The molecule has 1 atom stereocenters. The van der Waals surface area contributed by atoms with E-state index >= 15 is 4.39 Å². The van der Waals surface area contributed by atoms with Gasteiger partial charge in [-0.3, -0.25) is 14.7 Å². The number of amides is 1. The smallest absolute Gasteiger partial charge is 0.416 e. The van der Waals surface area contributed by atoms with Crippen LogP contribution < -0.4 is 19.7 Å². The number of carbonyl (C=O) groups excluding carboxylic acids is 1. The number of carbonyl (C=O) groups is 1. The predicted octanol–water partition coefficient (Wildman–Crippen LogP) is 7.22. The van der Waals surface area contributed by atoms with E-state index in [2.05, 4.69) is 45.9 Å². The molecule has 1 aliphatic rings. The molecule has 4 rings (SSSR count). The maximum atomic E-state index is 15.0. The van der Waals surface area contributed by atoms with Crippen LogP contribution in [0.5, 0.6) is 11.5 Å². The Kier molecular flexibility index (Phi) is 13.2. The van der Waals surface area contributed by atoms with Gasteiger partial charge in [0.2, 0.25) is 5.95 Å². The molecule has 2 heterocycles. The highest BCUT2D eigenvalue weighted by Gasteiger charge is 2.28. The number of hydrogen-bond acceptors (Lipinski definition) is 9. The molecule has 1 unspecified atom stereocenters. The molecule has 1 saturated heterocycles. The maximum Gasteiger partial charge on any atom is 0.416 e. The fourth-order valence-electron chi connectivity index (χ4n) is 5.68. The van der Waals surface area contributed by atoms with E-state index in [1.54, 1.807) is 31.5 Å². The maximum absolute atomic E-state index is 15.0. The van der Waals surface area contributed by atoms with Gasteiger partial charge < -0.3 is 19.5 Å². The van der Waals surface area contributed by atoms with Gasteiger partial charge in [0.1, 0.15) is 24.3 Å². The summed E-state index contributed by atoms with van der Waals surface area (Å²) in [6.07, 6.45) is 2.22. The Balaban J connectivity index is 1.41. The zero-order valence-electron chi connectivity index (χ0n) is 29.0. The standard InChI is InChI=1S/C36H51FN6O4/c1-8-9-17-43(36(44)47-34(25(2)3)29-11-10-12-31(45-7)27(29)6)33-15-16-38-35(40-33)39-28-13-14-32(30(37)24-28)46-23-22-41-18-20-42(21-19-41)26(4)5/h10-16,24-26,34H,8-9,17-23H2,1-7H3,(H,38,39,40). The van der Waals surface area contributed by atoms with Gasteiger partial charge in [0.05, 0.1) is 7.11 Å². The lowest BCUT2D eigenvalue weighted by Crippen LogP contribution is -2.49. The molecule has 1 aliphatic heterocycles. The van der Waals surface area contributed by atoms with Gasteiger partial charge in [-0.15, -0.1) is 0 Å². The van der Waals surface area contributed by atoms with Crippen LogP contribution in [-0.2, 0) is 4.74 Å². The molecule has 1 N–H and O–H groups in total. The molecule has 47 heavy (non-hydrogen) atoms. The number of unbranched alkanes of at least 4 members (excludes halogenated alkanes) is 1. The number of halogens is 1. The number of methoxy groups -OCH3 is 1. The van der Waals surface area contributed by atoms with E-state index in [0.29, 0.717) is 30.7 Å². The lowest BCUT2D eigenvalue weighted by Gasteiger charge is -2.36. The molecular weight excluding hydrogens is 599 g/mol. The average Bonchev–Trinajstić information content (AvgIpc) is 3.05. The van der Waals surface area contributed by atoms with Crippen LogP contribution in [-0.4, -0.2) is 84.9 Å². The van der Waals surface area contributed by atoms with Crippen molar-refractivity contribution in [1.29, 1.82) is 0 Å². The zero-order valence-corrected chi connectivity index (χ0v) is 29.0. The molecule has 1 amide bonds. The van der Waals surface area contributed by atoms with E-state index in [1.165, 1.54) is 11.0 Å². The van der Waals surface area contributed by atoms with Crippen LogP contribution in [0, 0.1) is 18.7 Å². The van der Waals surface area contributed by atoms with Gasteiger partial charge in [-0.1, -0.05) is 39.3 Å². The summed E-state index contributed by atoms with van der Waals surface area (Å²) in [6, 6.07) is 12.7. The van der Waals surface area contributed by atoms with Crippen molar-refractivity contribution in [1.82, 2.24) is 19.8 Å². The third-order valence-corrected chi connectivity index (χ3v) is 8.55. The fourth-order valence-corrected chi connectivity index (χ4v) is 5.68. The summed E-state index contributed by atoms with van der Waals surface area (Å²) >= 11 is 0. The number of rotatable bonds is 15. The van der Waals surface area contributed by atoms with Crippen LogP contribution in [0.25, 0.3) is 0 Å². The third-order valence-electron chi connectivity index (χ3n) is 8.55. The van der Waals surface area contributed by atoms with Crippen molar-refractivity contribution in [2.24, 2.45) is 5.92 Å². The fraction of sp³-hybridized carbons (Fsp3) is 0.528.